The van der Waals surface area contributed by atoms with Crippen molar-refractivity contribution >= 4 is 22.8 Å². The summed E-state index contributed by atoms with van der Waals surface area (Å²) < 4.78 is 0. The lowest BCUT2D eigenvalue weighted by Crippen LogP contribution is -2.63. The van der Waals surface area contributed by atoms with E-state index in [4.69, 9.17) is 0 Å². The van der Waals surface area contributed by atoms with E-state index in [-0.39, 0.29) is 24.2 Å². The molecule has 3 unspecified atom stereocenters. The minimum absolute atomic E-state index is 0.00905. The average molecular weight is 341 g/mol. The van der Waals surface area contributed by atoms with E-state index < -0.39 is 0 Å². The molecule has 0 spiro atoms. The highest BCUT2D eigenvalue weighted by Gasteiger charge is 2.32. The summed E-state index contributed by atoms with van der Waals surface area (Å²) in [5, 5.41) is 10.6. The summed E-state index contributed by atoms with van der Waals surface area (Å²) >= 11 is 0. The van der Waals surface area contributed by atoms with E-state index >= 15 is 0 Å². The van der Waals surface area contributed by atoms with E-state index in [1.54, 1.807) is 0 Å². The van der Waals surface area contributed by atoms with Gasteiger partial charge >= 0.3 is 0 Å². The first-order valence-electron chi connectivity index (χ1n) is 9.12. The third-order valence-corrected chi connectivity index (χ3v) is 4.89. The van der Waals surface area contributed by atoms with Crippen LogP contribution < -0.4 is 16.0 Å². The summed E-state index contributed by atoms with van der Waals surface area (Å²) in [6.45, 7) is 8.27. The molecule has 2 aromatic rings. The molecular weight excluding hydrogens is 314 g/mol. The van der Waals surface area contributed by atoms with Crippen molar-refractivity contribution in [2.75, 3.05) is 5.32 Å². The first kappa shape index (κ1) is 17.6. The molecule has 1 aromatic carbocycles. The van der Waals surface area contributed by atoms with Gasteiger partial charge in [-0.1, -0.05) is 26.3 Å². The summed E-state index contributed by atoms with van der Waals surface area (Å²) in [6.07, 6.45) is 2.51. The first-order valence-corrected chi connectivity index (χ1v) is 9.12. The number of anilines is 1. The molecule has 0 aliphatic carbocycles. The number of carbonyl (C=O) groups excluding carboxylic acids is 1. The lowest BCUT2D eigenvalue weighted by Gasteiger charge is -2.35. The van der Waals surface area contributed by atoms with Crippen LogP contribution in [0.2, 0.25) is 0 Å². The Morgan fingerprint density at radius 2 is 2.04 bits per heavy atom. The van der Waals surface area contributed by atoms with Gasteiger partial charge in [-0.05, 0) is 44.4 Å². The van der Waals surface area contributed by atoms with Gasteiger partial charge in [0.1, 0.15) is 0 Å². The minimum Gasteiger partial charge on any atom is -0.323 e. The predicted octanol–water partition coefficient (Wildman–Crippen LogP) is 2.72. The molecule has 1 saturated heterocycles. The number of amides is 1. The van der Waals surface area contributed by atoms with Crippen molar-refractivity contribution in [3.05, 3.63) is 29.5 Å². The largest absolute Gasteiger partial charge is 0.323 e. The highest BCUT2D eigenvalue weighted by molar-refractivity contribution is 5.83. The van der Waals surface area contributed by atoms with E-state index in [0.717, 1.165) is 35.9 Å². The van der Waals surface area contributed by atoms with Gasteiger partial charge in [-0.2, -0.15) is 0 Å². The van der Waals surface area contributed by atoms with Gasteiger partial charge in [-0.25, -0.2) is 9.97 Å². The van der Waals surface area contributed by atoms with Crippen LogP contribution >= 0.6 is 0 Å². The van der Waals surface area contributed by atoms with E-state index in [2.05, 4.69) is 51.9 Å². The molecule has 25 heavy (non-hydrogen) atoms. The Kier molecular flexibility index (Phi) is 5.18. The van der Waals surface area contributed by atoms with Crippen molar-refractivity contribution in [2.24, 2.45) is 5.92 Å². The van der Waals surface area contributed by atoms with Crippen LogP contribution in [0.15, 0.2) is 18.2 Å². The molecule has 1 aromatic heterocycles. The second-order valence-electron chi connectivity index (χ2n) is 6.77. The third-order valence-electron chi connectivity index (χ3n) is 4.89. The Balaban J connectivity index is 1.78. The van der Waals surface area contributed by atoms with Crippen LogP contribution in [0.3, 0.4) is 0 Å². The summed E-state index contributed by atoms with van der Waals surface area (Å²) in [6, 6.07) is 6.38. The molecule has 1 aliphatic heterocycles. The second-order valence-corrected chi connectivity index (χ2v) is 6.77. The first-order chi connectivity index (χ1) is 12.0. The van der Waals surface area contributed by atoms with Crippen molar-refractivity contribution in [3.8, 4) is 0 Å². The minimum atomic E-state index is -0.359. The van der Waals surface area contributed by atoms with E-state index in [0.29, 0.717) is 5.95 Å². The Hall–Kier alpha value is -2.21. The van der Waals surface area contributed by atoms with Gasteiger partial charge in [0, 0.05) is 11.4 Å². The Bertz CT molecular complexity index is 776. The van der Waals surface area contributed by atoms with Crippen molar-refractivity contribution in [1.82, 2.24) is 20.6 Å². The van der Waals surface area contributed by atoms with Crippen LogP contribution in [-0.4, -0.2) is 28.2 Å². The predicted molar refractivity (Wildman–Crippen MR) is 100 cm³/mol. The number of fused-ring (bicyclic) bond motifs is 1. The molecule has 3 atom stereocenters. The number of aryl methyl sites for hydroxylation is 2. The van der Waals surface area contributed by atoms with E-state index in [9.17, 15) is 4.79 Å². The van der Waals surface area contributed by atoms with E-state index in [1.807, 2.05) is 19.9 Å². The Morgan fingerprint density at radius 3 is 2.72 bits per heavy atom. The number of hydrogen-bond acceptors (Lipinski definition) is 5. The fourth-order valence-corrected chi connectivity index (χ4v) is 3.41. The molecule has 6 heteroatoms. The zero-order chi connectivity index (χ0) is 18.0. The summed E-state index contributed by atoms with van der Waals surface area (Å²) in [4.78, 5) is 21.5. The van der Waals surface area contributed by atoms with Gasteiger partial charge in [0.2, 0.25) is 11.9 Å². The van der Waals surface area contributed by atoms with Crippen LogP contribution in [0, 0.1) is 12.8 Å². The lowest BCUT2D eigenvalue weighted by molar-refractivity contribution is -0.129. The van der Waals surface area contributed by atoms with Gasteiger partial charge < -0.3 is 10.6 Å². The zero-order valence-corrected chi connectivity index (χ0v) is 15.4. The van der Waals surface area contributed by atoms with Gasteiger partial charge in [-0.15, -0.1) is 0 Å². The number of nitrogens with one attached hydrogen (secondary N) is 3. The molecule has 0 saturated carbocycles. The lowest BCUT2D eigenvalue weighted by atomic mass is 9.93. The molecular formula is C19H27N5O. The normalized spacial score (nSPS) is 23.5. The highest BCUT2D eigenvalue weighted by Crippen LogP contribution is 2.20. The van der Waals surface area contributed by atoms with Crippen LogP contribution in [-0.2, 0) is 11.2 Å². The maximum absolute atomic E-state index is 12.3. The zero-order valence-electron chi connectivity index (χ0n) is 15.4. The maximum Gasteiger partial charge on any atom is 0.227 e. The number of hydrogen-bond donors (Lipinski definition) is 3. The highest BCUT2D eigenvalue weighted by atomic mass is 16.2. The molecule has 2 heterocycles. The number of nitrogens with zero attached hydrogens (tertiary/aromatic N) is 2. The molecule has 1 aliphatic rings. The summed E-state index contributed by atoms with van der Waals surface area (Å²) in [5.41, 5.74) is 3.12. The Labute approximate surface area is 148 Å². The van der Waals surface area contributed by atoms with Crippen LogP contribution in [0.4, 0.5) is 5.95 Å². The van der Waals surface area contributed by atoms with Gasteiger partial charge in [0.25, 0.3) is 0 Å². The Morgan fingerprint density at radius 1 is 1.24 bits per heavy atom. The van der Waals surface area contributed by atoms with Crippen LogP contribution in [0.5, 0.6) is 0 Å². The van der Waals surface area contributed by atoms with Crippen LogP contribution in [0.25, 0.3) is 10.9 Å². The third kappa shape index (κ3) is 3.74. The SMILES string of the molecule is CCCC1C(=O)NC(Nc2nc(C)c3cc(CC)ccc3n2)NC1C. The quantitative estimate of drug-likeness (QED) is 0.779. The molecule has 6 nitrogen and oxygen atoms in total. The molecule has 1 fully saturated rings. The van der Waals surface area contributed by atoms with E-state index in [1.165, 1.54) is 5.56 Å². The average Bonchev–Trinajstić information content (AvgIpc) is 2.58. The van der Waals surface area contributed by atoms with Crippen LogP contribution in [0.1, 0.15) is 44.9 Å². The molecule has 0 bridgehead atoms. The van der Waals surface area contributed by atoms with Crippen molar-refractivity contribution in [2.45, 2.75) is 59.3 Å². The molecule has 134 valence electrons. The molecule has 3 rings (SSSR count). The number of benzene rings is 1. The molecule has 1 amide bonds. The van der Waals surface area contributed by atoms with Crippen molar-refractivity contribution in [3.63, 3.8) is 0 Å². The van der Waals surface area contributed by atoms with Gasteiger partial charge in [0.05, 0.1) is 17.1 Å². The summed E-state index contributed by atoms with van der Waals surface area (Å²) in [7, 11) is 0. The number of carbonyl (C=O) groups is 1. The number of aromatic nitrogens is 2. The monoisotopic (exact) mass is 341 g/mol. The topological polar surface area (TPSA) is 78.9 Å². The standard InChI is InChI=1S/C19H27N5O/c1-5-7-14-11(3)20-19(23-17(14)25)24-18-21-12(4)15-10-13(6-2)8-9-16(15)22-18/h8-11,14,19-20H,5-7H2,1-4H3,(H,23,25)(H,21,22,24). The smallest absolute Gasteiger partial charge is 0.227 e. The molecule has 0 radical (unpaired) electrons. The second kappa shape index (κ2) is 7.35. The van der Waals surface area contributed by atoms with Crippen molar-refractivity contribution in [1.29, 1.82) is 0 Å². The fourth-order valence-electron chi connectivity index (χ4n) is 3.41. The fraction of sp³-hybridized carbons (Fsp3) is 0.526. The van der Waals surface area contributed by atoms with Gasteiger partial charge in [-0.3, -0.25) is 10.1 Å². The van der Waals surface area contributed by atoms with Crippen molar-refractivity contribution < 1.29 is 4.79 Å². The summed E-state index contributed by atoms with van der Waals surface area (Å²) in [5.74, 6) is 0.610. The van der Waals surface area contributed by atoms with Gasteiger partial charge in [0.15, 0.2) is 6.29 Å². The molecule has 3 N–H and O–H groups in total. The number of rotatable bonds is 5. The maximum atomic E-state index is 12.3.